The second-order valence-electron chi connectivity index (χ2n) is 4.97. The molecule has 0 saturated heterocycles. The van der Waals surface area contributed by atoms with E-state index in [0.29, 0.717) is 11.5 Å². The molecule has 1 aliphatic heterocycles. The first-order chi connectivity index (χ1) is 8.11. The number of benzene rings is 1. The van der Waals surface area contributed by atoms with Crippen molar-refractivity contribution in [3.05, 3.63) is 29.8 Å². The fourth-order valence-electron chi connectivity index (χ4n) is 2.99. The summed E-state index contributed by atoms with van der Waals surface area (Å²) in [6, 6.07) is 9.45. The van der Waals surface area contributed by atoms with Gasteiger partial charge < -0.3 is 10.6 Å². The maximum absolute atomic E-state index is 4.50. The first-order valence-electron chi connectivity index (χ1n) is 6.51. The number of fused-ring (bicyclic) bond motifs is 1. The molecule has 17 heavy (non-hydrogen) atoms. The summed E-state index contributed by atoms with van der Waals surface area (Å²) < 4.78 is 0. The van der Waals surface area contributed by atoms with E-state index in [-0.39, 0.29) is 0 Å². The number of nitrogens with zero attached hydrogens (tertiary/aromatic N) is 1. The number of rotatable bonds is 2. The van der Waals surface area contributed by atoms with E-state index < -0.39 is 0 Å². The quantitative estimate of drug-likeness (QED) is 0.851. The van der Waals surface area contributed by atoms with Crippen LogP contribution in [-0.2, 0) is 5.41 Å². The Morgan fingerprint density at radius 2 is 1.88 bits per heavy atom. The van der Waals surface area contributed by atoms with Crippen LogP contribution in [0.15, 0.2) is 24.3 Å². The third-order valence-electron chi connectivity index (χ3n) is 4.17. The van der Waals surface area contributed by atoms with Gasteiger partial charge in [-0.05, 0) is 32.0 Å². The number of hydrogen-bond acceptors (Lipinski definition) is 2. The Morgan fingerprint density at radius 1 is 1.29 bits per heavy atom. The molecule has 2 atom stereocenters. The highest BCUT2D eigenvalue weighted by molar-refractivity contribution is 5.63. The zero-order valence-electron chi connectivity index (χ0n) is 11.8. The Labute approximate surface area is 106 Å². The summed E-state index contributed by atoms with van der Waals surface area (Å²) in [4.78, 5) is 2.42. The molecule has 0 aromatic heterocycles. The SMILES string of the molecule is CCC[C@@]1(C)c2ccccc2N(C)C1C.CN. The summed E-state index contributed by atoms with van der Waals surface area (Å²) in [5, 5.41) is 0. The largest absolute Gasteiger partial charge is 0.371 e. The summed E-state index contributed by atoms with van der Waals surface area (Å²) >= 11 is 0. The molecule has 1 aromatic carbocycles. The lowest BCUT2D eigenvalue weighted by Gasteiger charge is -2.32. The van der Waals surface area contributed by atoms with E-state index in [1.54, 1.807) is 0 Å². The third kappa shape index (κ3) is 2.19. The highest BCUT2D eigenvalue weighted by Gasteiger charge is 2.42. The van der Waals surface area contributed by atoms with Crippen LogP contribution in [0.4, 0.5) is 5.69 Å². The van der Waals surface area contributed by atoms with Crippen molar-refractivity contribution < 1.29 is 0 Å². The highest BCUT2D eigenvalue weighted by Crippen LogP contribution is 2.46. The molecule has 2 N–H and O–H groups in total. The lowest BCUT2D eigenvalue weighted by Crippen LogP contribution is -2.38. The van der Waals surface area contributed by atoms with Gasteiger partial charge in [-0.15, -0.1) is 0 Å². The molecule has 2 heteroatoms. The normalized spacial score (nSPS) is 26.2. The van der Waals surface area contributed by atoms with Gasteiger partial charge in [-0.2, -0.15) is 0 Å². The van der Waals surface area contributed by atoms with E-state index in [4.69, 9.17) is 0 Å². The smallest absolute Gasteiger partial charge is 0.0405 e. The van der Waals surface area contributed by atoms with Crippen molar-refractivity contribution in [1.29, 1.82) is 0 Å². The van der Waals surface area contributed by atoms with Crippen LogP contribution in [0.25, 0.3) is 0 Å². The molecule has 2 nitrogen and oxygen atoms in total. The van der Waals surface area contributed by atoms with E-state index in [2.05, 4.69) is 62.7 Å². The highest BCUT2D eigenvalue weighted by atomic mass is 15.2. The lowest BCUT2D eigenvalue weighted by molar-refractivity contribution is 0.379. The molecule has 0 saturated carbocycles. The van der Waals surface area contributed by atoms with Crippen molar-refractivity contribution in [3.63, 3.8) is 0 Å². The Bertz CT molecular complexity index is 362. The monoisotopic (exact) mass is 234 g/mol. The number of nitrogens with two attached hydrogens (primary N) is 1. The van der Waals surface area contributed by atoms with Crippen LogP contribution in [-0.4, -0.2) is 20.1 Å². The number of para-hydroxylation sites is 1. The van der Waals surface area contributed by atoms with Crippen molar-refractivity contribution in [2.45, 2.75) is 45.1 Å². The van der Waals surface area contributed by atoms with Gasteiger partial charge in [0.15, 0.2) is 0 Å². The van der Waals surface area contributed by atoms with Gasteiger partial charge in [-0.25, -0.2) is 0 Å². The van der Waals surface area contributed by atoms with Gasteiger partial charge in [0.25, 0.3) is 0 Å². The standard InChI is InChI=1S/C14H21N.CH5N/c1-5-10-14(3)11(2)15(4)13-9-7-6-8-12(13)14;1-2/h6-9,11H,5,10H2,1-4H3;2H2,1H3/t11?,14-;/m1./s1. The molecule has 1 aliphatic rings. The molecule has 0 bridgehead atoms. The zero-order chi connectivity index (χ0) is 13.1. The van der Waals surface area contributed by atoms with Gasteiger partial charge in [0.2, 0.25) is 0 Å². The van der Waals surface area contributed by atoms with E-state index in [1.165, 1.54) is 31.1 Å². The fraction of sp³-hybridized carbons (Fsp3) is 0.600. The van der Waals surface area contributed by atoms with Crippen LogP contribution >= 0.6 is 0 Å². The summed E-state index contributed by atoms with van der Waals surface area (Å²) in [6.07, 6.45) is 2.53. The molecular weight excluding hydrogens is 208 g/mol. The van der Waals surface area contributed by atoms with Crippen molar-refractivity contribution in [1.82, 2.24) is 0 Å². The molecule has 0 fully saturated rings. The molecule has 96 valence electrons. The summed E-state index contributed by atoms with van der Waals surface area (Å²) in [5.74, 6) is 0. The minimum atomic E-state index is 0.333. The Morgan fingerprint density at radius 3 is 2.47 bits per heavy atom. The van der Waals surface area contributed by atoms with Crippen LogP contribution in [0, 0.1) is 0 Å². The van der Waals surface area contributed by atoms with E-state index in [0.717, 1.165) is 0 Å². The number of likely N-dealkylation sites (N-methyl/N-ethyl adjacent to an activating group) is 1. The first kappa shape index (κ1) is 14.0. The zero-order valence-corrected chi connectivity index (χ0v) is 11.8. The molecule has 0 spiro atoms. The van der Waals surface area contributed by atoms with Crippen molar-refractivity contribution in [2.24, 2.45) is 5.73 Å². The topological polar surface area (TPSA) is 29.3 Å². The lowest BCUT2D eigenvalue weighted by atomic mass is 9.76. The minimum absolute atomic E-state index is 0.333. The van der Waals surface area contributed by atoms with Crippen molar-refractivity contribution >= 4 is 5.69 Å². The molecule has 0 aliphatic carbocycles. The van der Waals surface area contributed by atoms with E-state index >= 15 is 0 Å². The summed E-state index contributed by atoms with van der Waals surface area (Å²) in [5.41, 5.74) is 7.78. The predicted octanol–water partition coefficient (Wildman–Crippen LogP) is 3.16. The second kappa shape index (κ2) is 5.54. The fourth-order valence-corrected chi connectivity index (χ4v) is 2.99. The van der Waals surface area contributed by atoms with Gasteiger partial charge in [-0.1, -0.05) is 38.5 Å². The molecule has 2 rings (SSSR count). The average Bonchev–Trinajstić information content (AvgIpc) is 2.56. The minimum Gasteiger partial charge on any atom is -0.371 e. The van der Waals surface area contributed by atoms with Gasteiger partial charge in [0, 0.05) is 24.2 Å². The Kier molecular flexibility index (Phi) is 4.58. The summed E-state index contributed by atoms with van der Waals surface area (Å²) in [6.45, 7) is 7.03. The maximum atomic E-state index is 4.50. The number of hydrogen-bond donors (Lipinski definition) is 1. The van der Waals surface area contributed by atoms with Crippen LogP contribution in [0.3, 0.4) is 0 Å². The van der Waals surface area contributed by atoms with Gasteiger partial charge >= 0.3 is 0 Å². The van der Waals surface area contributed by atoms with Gasteiger partial charge in [-0.3, -0.25) is 0 Å². The first-order valence-corrected chi connectivity index (χ1v) is 6.51. The molecule has 1 heterocycles. The van der Waals surface area contributed by atoms with Gasteiger partial charge in [0.05, 0.1) is 0 Å². The predicted molar refractivity (Wildman–Crippen MR) is 76.7 cm³/mol. The summed E-state index contributed by atoms with van der Waals surface area (Å²) in [7, 11) is 3.71. The van der Waals surface area contributed by atoms with Crippen LogP contribution in [0.5, 0.6) is 0 Å². The Balaban J connectivity index is 0.000000686. The van der Waals surface area contributed by atoms with E-state index in [9.17, 15) is 0 Å². The van der Waals surface area contributed by atoms with E-state index in [1.807, 2.05) is 0 Å². The average molecular weight is 234 g/mol. The molecule has 0 radical (unpaired) electrons. The van der Waals surface area contributed by atoms with Crippen LogP contribution in [0.1, 0.15) is 39.2 Å². The van der Waals surface area contributed by atoms with Gasteiger partial charge in [0.1, 0.15) is 0 Å². The van der Waals surface area contributed by atoms with Crippen LogP contribution < -0.4 is 10.6 Å². The van der Waals surface area contributed by atoms with Crippen molar-refractivity contribution in [3.8, 4) is 0 Å². The van der Waals surface area contributed by atoms with Crippen molar-refractivity contribution in [2.75, 3.05) is 19.0 Å². The molecule has 0 amide bonds. The third-order valence-corrected chi connectivity index (χ3v) is 4.17. The van der Waals surface area contributed by atoms with Crippen LogP contribution in [0.2, 0.25) is 0 Å². The maximum Gasteiger partial charge on any atom is 0.0405 e. The molecule has 1 unspecified atom stereocenters. The molecule has 1 aromatic rings. The number of anilines is 1. The second-order valence-corrected chi connectivity index (χ2v) is 4.97. The molecular formula is C15H26N2. The Hall–Kier alpha value is -1.02.